The van der Waals surface area contributed by atoms with Crippen LogP contribution in [-0.4, -0.2) is 40.4 Å². The second-order valence-electron chi connectivity index (χ2n) is 9.32. The number of nitrogens with one attached hydrogen (secondary N) is 1. The Morgan fingerprint density at radius 1 is 1.17 bits per heavy atom. The summed E-state index contributed by atoms with van der Waals surface area (Å²) in [7, 11) is 1.99. The summed E-state index contributed by atoms with van der Waals surface area (Å²) in [6.45, 7) is 9.61. The molecule has 3 rings (SSSR count). The van der Waals surface area contributed by atoms with E-state index in [1.807, 2.05) is 48.7 Å². The highest BCUT2D eigenvalue weighted by Gasteiger charge is 2.39. The van der Waals surface area contributed by atoms with Gasteiger partial charge >= 0.3 is 0 Å². The van der Waals surface area contributed by atoms with Gasteiger partial charge in [0.1, 0.15) is 0 Å². The molecule has 2 amide bonds. The Balaban J connectivity index is 1.61. The van der Waals surface area contributed by atoms with Crippen LogP contribution < -0.4 is 5.32 Å². The summed E-state index contributed by atoms with van der Waals surface area (Å²) >= 11 is 0. The Morgan fingerprint density at radius 3 is 2.48 bits per heavy atom. The summed E-state index contributed by atoms with van der Waals surface area (Å²) in [6.07, 6.45) is 6.21. The minimum atomic E-state index is -0.0711. The molecule has 1 saturated heterocycles. The third-order valence-corrected chi connectivity index (χ3v) is 5.65. The van der Waals surface area contributed by atoms with Crippen LogP contribution in [0.1, 0.15) is 53.7 Å². The number of likely N-dealkylation sites (tertiary alicyclic amines) is 1. The molecule has 29 heavy (non-hydrogen) atoms. The van der Waals surface area contributed by atoms with Crippen LogP contribution in [-0.2, 0) is 18.3 Å². The Bertz CT molecular complexity index is 877. The number of carbonyl (C=O) groups excluding carboxylic acids is 2. The summed E-state index contributed by atoms with van der Waals surface area (Å²) in [5.74, 6) is 0.100. The van der Waals surface area contributed by atoms with Gasteiger partial charge in [-0.05, 0) is 55.9 Å². The van der Waals surface area contributed by atoms with E-state index in [-0.39, 0.29) is 23.3 Å². The van der Waals surface area contributed by atoms with Crippen LogP contribution in [0.5, 0.6) is 0 Å². The second-order valence-corrected chi connectivity index (χ2v) is 9.32. The maximum absolute atomic E-state index is 12.9. The molecule has 1 atom stereocenters. The van der Waals surface area contributed by atoms with Gasteiger partial charge in [-0.15, -0.1) is 0 Å². The lowest BCUT2D eigenvalue weighted by molar-refractivity contribution is -0.132. The van der Waals surface area contributed by atoms with Crippen molar-refractivity contribution in [1.29, 1.82) is 0 Å². The highest BCUT2D eigenvalue weighted by molar-refractivity contribution is 5.94. The minimum Gasteiger partial charge on any atom is -0.357 e. The number of benzene rings is 1. The van der Waals surface area contributed by atoms with Gasteiger partial charge in [-0.1, -0.05) is 31.0 Å². The Kier molecular flexibility index (Phi) is 6.15. The lowest BCUT2D eigenvalue weighted by Crippen LogP contribution is -2.43. The maximum Gasteiger partial charge on any atom is 0.251 e. The monoisotopic (exact) mass is 395 g/mol. The van der Waals surface area contributed by atoms with E-state index < -0.39 is 0 Å². The molecule has 156 valence electrons. The molecular weight excluding hydrogens is 362 g/mol. The molecule has 5 nitrogen and oxygen atoms in total. The number of carbonyl (C=O) groups is 2. The molecule has 0 saturated carbocycles. The summed E-state index contributed by atoms with van der Waals surface area (Å²) in [5, 5.41) is 3.06. The van der Waals surface area contributed by atoms with E-state index in [9.17, 15) is 9.59 Å². The summed E-state index contributed by atoms with van der Waals surface area (Å²) in [4.78, 5) is 27.6. The van der Waals surface area contributed by atoms with E-state index >= 15 is 0 Å². The smallest absolute Gasteiger partial charge is 0.251 e. The Hall–Kier alpha value is -2.56. The third-order valence-electron chi connectivity index (χ3n) is 5.65. The molecule has 0 radical (unpaired) electrons. The van der Waals surface area contributed by atoms with E-state index in [1.54, 1.807) is 0 Å². The van der Waals surface area contributed by atoms with E-state index in [1.165, 1.54) is 5.56 Å². The van der Waals surface area contributed by atoms with Crippen LogP contribution in [0.15, 0.2) is 36.7 Å². The van der Waals surface area contributed by atoms with Crippen molar-refractivity contribution in [3.05, 3.63) is 58.9 Å². The first-order chi connectivity index (χ1) is 13.6. The molecule has 1 aliphatic rings. The number of hydrogen-bond donors (Lipinski definition) is 1. The fourth-order valence-corrected chi connectivity index (χ4v) is 4.40. The predicted octanol–water partition coefficient (Wildman–Crippen LogP) is 3.63. The Labute approximate surface area is 174 Å². The predicted molar refractivity (Wildman–Crippen MR) is 116 cm³/mol. The van der Waals surface area contributed by atoms with Gasteiger partial charge in [-0.25, -0.2) is 0 Å². The molecule has 0 spiro atoms. The average Bonchev–Trinajstić information content (AvgIpc) is 3.18. The first-order valence-electron chi connectivity index (χ1n) is 10.4. The molecule has 1 aromatic heterocycles. The number of aromatic nitrogens is 1. The van der Waals surface area contributed by atoms with Gasteiger partial charge in [0.05, 0.1) is 0 Å². The van der Waals surface area contributed by atoms with Crippen LogP contribution in [0.25, 0.3) is 0 Å². The number of hydrogen-bond acceptors (Lipinski definition) is 2. The maximum atomic E-state index is 12.9. The van der Waals surface area contributed by atoms with Gasteiger partial charge in [-0.3, -0.25) is 9.59 Å². The number of amides is 2. The van der Waals surface area contributed by atoms with Crippen LogP contribution in [0.4, 0.5) is 0 Å². The third kappa shape index (κ3) is 5.49. The normalized spacial score (nSPS) is 18.1. The number of rotatable bonds is 6. The van der Waals surface area contributed by atoms with E-state index in [0.29, 0.717) is 18.5 Å². The summed E-state index contributed by atoms with van der Waals surface area (Å²) in [6, 6.07) is 7.97. The van der Waals surface area contributed by atoms with Crippen LogP contribution in [0, 0.1) is 19.3 Å². The zero-order valence-corrected chi connectivity index (χ0v) is 18.3. The van der Waals surface area contributed by atoms with Gasteiger partial charge in [0.15, 0.2) is 0 Å². The fraction of sp³-hybridized carbons (Fsp3) is 0.500. The quantitative estimate of drug-likeness (QED) is 0.812. The first kappa shape index (κ1) is 21.2. The van der Waals surface area contributed by atoms with Crippen molar-refractivity contribution in [2.75, 3.05) is 13.1 Å². The molecule has 1 N–H and O–H groups in total. The van der Waals surface area contributed by atoms with Crippen LogP contribution in [0.2, 0.25) is 0 Å². The topological polar surface area (TPSA) is 54.3 Å². The number of aryl methyl sites for hydroxylation is 4. The van der Waals surface area contributed by atoms with Gasteiger partial charge < -0.3 is 14.8 Å². The van der Waals surface area contributed by atoms with E-state index in [0.717, 1.165) is 30.5 Å². The standard InChI is InChI=1S/C24H33N3O2/c1-17-10-18(2)12-20(11-17)23(29)25-14-21-13-24(3,4)16-27(21)22(28)7-6-19-8-9-26(5)15-19/h8-12,15,21H,6-7,13-14,16H2,1-5H3,(H,25,29)/t21-/m0/s1. The van der Waals surface area contributed by atoms with Crippen LogP contribution >= 0.6 is 0 Å². The van der Waals surface area contributed by atoms with Crippen molar-refractivity contribution in [2.45, 2.75) is 53.0 Å². The first-order valence-corrected chi connectivity index (χ1v) is 10.4. The highest BCUT2D eigenvalue weighted by Crippen LogP contribution is 2.34. The molecule has 5 heteroatoms. The fourth-order valence-electron chi connectivity index (χ4n) is 4.40. The largest absolute Gasteiger partial charge is 0.357 e. The lowest BCUT2D eigenvalue weighted by atomic mass is 9.90. The molecule has 1 aliphatic heterocycles. The lowest BCUT2D eigenvalue weighted by Gasteiger charge is -2.25. The molecule has 2 aromatic rings. The zero-order chi connectivity index (χ0) is 21.2. The molecule has 2 heterocycles. The highest BCUT2D eigenvalue weighted by atomic mass is 16.2. The molecule has 0 unspecified atom stereocenters. The summed E-state index contributed by atoms with van der Waals surface area (Å²) < 4.78 is 2.00. The molecule has 1 aromatic carbocycles. The second kappa shape index (κ2) is 8.44. The van der Waals surface area contributed by atoms with Crippen molar-refractivity contribution < 1.29 is 9.59 Å². The van der Waals surface area contributed by atoms with Gasteiger partial charge in [0.2, 0.25) is 5.91 Å². The zero-order valence-electron chi connectivity index (χ0n) is 18.3. The van der Waals surface area contributed by atoms with E-state index in [4.69, 9.17) is 0 Å². The van der Waals surface area contributed by atoms with Crippen molar-refractivity contribution >= 4 is 11.8 Å². The molecular formula is C24H33N3O2. The van der Waals surface area contributed by atoms with Gasteiger partial charge in [0, 0.05) is 50.6 Å². The van der Waals surface area contributed by atoms with Crippen LogP contribution in [0.3, 0.4) is 0 Å². The number of nitrogens with zero attached hydrogens (tertiary/aromatic N) is 2. The van der Waals surface area contributed by atoms with Gasteiger partial charge in [-0.2, -0.15) is 0 Å². The molecule has 0 aliphatic carbocycles. The minimum absolute atomic E-state index is 0.0446. The molecule has 0 bridgehead atoms. The average molecular weight is 396 g/mol. The van der Waals surface area contributed by atoms with Crippen molar-refractivity contribution in [1.82, 2.24) is 14.8 Å². The van der Waals surface area contributed by atoms with Crippen molar-refractivity contribution in [3.8, 4) is 0 Å². The molecule has 1 fully saturated rings. The van der Waals surface area contributed by atoms with Crippen molar-refractivity contribution in [3.63, 3.8) is 0 Å². The SMILES string of the molecule is Cc1cc(C)cc(C(=O)NC[C@@H]2CC(C)(C)CN2C(=O)CCc2ccn(C)c2)c1. The van der Waals surface area contributed by atoms with Crippen molar-refractivity contribution in [2.24, 2.45) is 12.5 Å². The Morgan fingerprint density at radius 2 is 1.86 bits per heavy atom. The van der Waals surface area contributed by atoms with E-state index in [2.05, 4.69) is 37.5 Å². The summed E-state index contributed by atoms with van der Waals surface area (Å²) in [5.41, 5.74) is 4.09. The van der Waals surface area contributed by atoms with Gasteiger partial charge in [0.25, 0.3) is 5.91 Å².